The maximum atomic E-state index is 10.7. The van der Waals surface area contributed by atoms with Crippen LogP contribution < -0.4 is 4.74 Å². The summed E-state index contributed by atoms with van der Waals surface area (Å²) in [7, 11) is 1.44. The summed E-state index contributed by atoms with van der Waals surface area (Å²) in [6.45, 7) is 0. The molecule has 5 nitrogen and oxygen atoms in total. The molecule has 0 radical (unpaired) electrons. The van der Waals surface area contributed by atoms with E-state index in [9.17, 15) is 4.79 Å². The molecule has 2 aromatic rings. The smallest absolute Gasteiger partial charge is 0.308 e. The van der Waals surface area contributed by atoms with Crippen molar-refractivity contribution in [2.45, 2.75) is 6.42 Å². The molecule has 98 valence electrons. The average Bonchev–Trinajstić information content (AvgIpc) is 2.39. The van der Waals surface area contributed by atoms with E-state index < -0.39 is 5.97 Å². The van der Waals surface area contributed by atoms with Crippen molar-refractivity contribution >= 4 is 17.6 Å². The normalized spacial score (nSPS) is 10.2. The monoisotopic (exact) mass is 278 g/mol. The fourth-order valence-corrected chi connectivity index (χ4v) is 1.72. The number of carboxylic acids is 1. The third kappa shape index (κ3) is 3.20. The Balaban J connectivity index is 2.38. The Morgan fingerprint density at radius 1 is 1.37 bits per heavy atom. The van der Waals surface area contributed by atoms with Crippen molar-refractivity contribution in [3.05, 3.63) is 41.0 Å². The minimum atomic E-state index is -0.957. The summed E-state index contributed by atoms with van der Waals surface area (Å²) in [5.41, 5.74) is 1.22. The maximum absolute atomic E-state index is 10.7. The lowest BCUT2D eigenvalue weighted by Crippen LogP contribution is -2.05. The molecular formula is C13H11ClN2O3. The Morgan fingerprint density at radius 2 is 2.05 bits per heavy atom. The lowest BCUT2D eigenvalue weighted by molar-refractivity contribution is -0.136. The van der Waals surface area contributed by atoms with Gasteiger partial charge >= 0.3 is 5.97 Å². The van der Waals surface area contributed by atoms with Crippen molar-refractivity contribution in [1.82, 2.24) is 9.97 Å². The third-order valence-electron chi connectivity index (χ3n) is 2.46. The molecule has 2 rings (SSSR count). The molecule has 0 saturated carbocycles. The Kier molecular flexibility index (Phi) is 3.97. The molecule has 1 aromatic heterocycles. The SMILES string of the molecule is COc1nc(-c2ccc(Cl)cc2)ncc1CC(=O)O. The van der Waals surface area contributed by atoms with Gasteiger partial charge in [0.15, 0.2) is 5.82 Å². The number of carbonyl (C=O) groups is 1. The van der Waals surface area contributed by atoms with E-state index in [1.54, 1.807) is 24.3 Å². The number of aliphatic carboxylic acids is 1. The summed E-state index contributed by atoms with van der Waals surface area (Å²) >= 11 is 5.81. The predicted molar refractivity (Wildman–Crippen MR) is 70.4 cm³/mol. The van der Waals surface area contributed by atoms with E-state index in [2.05, 4.69) is 9.97 Å². The van der Waals surface area contributed by atoms with Crippen LogP contribution in [0.1, 0.15) is 5.56 Å². The molecule has 0 spiro atoms. The maximum Gasteiger partial charge on any atom is 0.308 e. The highest BCUT2D eigenvalue weighted by atomic mass is 35.5. The third-order valence-corrected chi connectivity index (χ3v) is 2.71. The molecule has 1 N–H and O–H groups in total. The Hall–Kier alpha value is -2.14. The van der Waals surface area contributed by atoms with Gasteiger partial charge in [0.2, 0.25) is 5.88 Å². The summed E-state index contributed by atoms with van der Waals surface area (Å²) in [5.74, 6) is -0.230. The molecule has 0 aliphatic heterocycles. The molecule has 0 atom stereocenters. The summed E-state index contributed by atoms with van der Waals surface area (Å²) < 4.78 is 5.09. The molecule has 0 bridgehead atoms. The first-order chi connectivity index (χ1) is 9.10. The van der Waals surface area contributed by atoms with Crippen molar-refractivity contribution < 1.29 is 14.6 Å². The number of rotatable bonds is 4. The molecule has 0 unspecified atom stereocenters. The van der Waals surface area contributed by atoms with Gasteiger partial charge in [0.25, 0.3) is 0 Å². The van der Waals surface area contributed by atoms with E-state index in [1.165, 1.54) is 13.3 Å². The van der Waals surface area contributed by atoms with E-state index in [4.69, 9.17) is 21.4 Å². The molecule has 6 heteroatoms. The first-order valence-electron chi connectivity index (χ1n) is 5.48. The quantitative estimate of drug-likeness (QED) is 0.930. The summed E-state index contributed by atoms with van der Waals surface area (Å²) in [4.78, 5) is 19.1. The second kappa shape index (κ2) is 5.67. The van der Waals surface area contributed by atoms with Gasteiger partial charge in [-0.2, -0.15) is 4.98 Å². The number of nitrogens with zero attached hydrogens (tertiary/aromatic N) is 2. The number of benzene rings is 1. The van der Waals surface area contributed by atoms with Gasteiger partial charge in [-0.15, -0.1) is 0 Å². The fourth-order valence-electron chi connectivity index (χ4n) is 1.59. The van der Waals surface area contributed by atoms with Crippen LogP contribution >= 0.6 is 11.6 Å². The zero-order chi connectivity index (χ0) is 13.8. The van der Waals surface area contributed by atoms with Gasteiger partial charge in [0, 0.05) is 22.3 Å². The minimum absolute atomic E-state index is 0.177. The summed E-state index contributed by atoms with van der Waals surface area (Å²) in [5, 5.41) is 9.40. The van der Waals surface area contributed by atoms with Gasteiger partial charge in [0.1, 0.15) is 0 Å². The number of carboxylic acid groups (broad SMARTS) is 1. The first-order valence-corrected chi connectivity index (χ1v) is 5.85. The molecule has 1 aromatic carbocycles. The van der Waals surface area contributed by atoms with Gasteiger partial charge in [-0.05, 0) is 24.3 Å². The molecule has 0 fully saturated rings. The second-order valence-corrected chi connectivity index (χ2v) is 4.24. The number of hydrogen-bond acceptors (Lipinski definition) is 4. The highest BCUT2D eigenvalue weighted by molar-refractivity contribution is 6.30. The largest absolute Gasteiger partial charge is 0.481 e. The van der Waals surface area contributed by atoms with Gasteiger partial charge in [-0.3, -0.25) is 4.79 Å². The van der Waals surface area contributed by atoms with E-state index >= 15 is 0 Å². The van der Waals surface area contributed by atoms with Crippen LogP contribution in [-0.4, -0.2) is 28.2 Å². The van der Waals surface area contributed by atoms with E-state index in [1.807, 2.05) is 0 Å². The Labute approximate surface area is 114 Å². The zero-order valence-electron chi connectivity index (χ0n) is 10.1. The molecule has 19 heavy (non-hydrogen) atoms. The summed E-state index contributed by atoms with van der Waals surface area (Å²) in [6, 6.07) is 7.04. The Morgan fingerprint density at radius 3 is 2.63 bits per heavy atom. The lowest BCUT2D eigenvalue weighted by Gasteiger charge is -2.07. The van der Waals surface area contributed by atoms with Crippen molar-refractivity contribution in [2.75, 3.05) is 7.11 Å². The average molecular weight is 279 g/mol. The molecule has 0 amide bonds. The zero-order valence-corrected chi connectivity index (χ0v) is 10.9. The highest BCUT2D eigenvalue weighted by Gasteiger charge is 2.12. The van der Waals surface area contributed by atoms with Crippen LogP contribution in [0.3, 0.4) is 0 Å². The van der Waals surface area contributed by atoms with Gasteiger partial charge in [-0.1, -0.05) is 11.6 Å². The van der Waals surface area contributed by atoms with Crippen LogP contribution in [0.25, 0.3) is 11.4 Å². The number of ether oxygens (including phenoxy) is 1. The van der Waals surface area contributed by atoms with Crippen LogP contribution in [0.2, 0.25) is 5.02 Å². The summed E-state index contributed by atoms with van der Waals surface area (Å²) in [6.07, 6.45) is 1.29. The van der Waals surface area contributed by atoms with Gasteiger partial charge < -0.3 is 9.84 Å². The second-order valence-electron chi connectivity index (χ2n) is 3.81. The van der Waals surface area contributed by atoms with Gasteiger partial charge in [-0.25, -0.2) is 4.98 Å². The van der Waals surface area contributed by atoms with Crippen molar-refractivity contribution in [3.8, 4) is 17.3 Å². The lowest BCUT2D eigenvalue weighted by atomic mass is 10.2. The van der Waals surface area contributed by atoms with Crippen molar-refractivity contribution in [3.63, 3.8) is 0 Å². The molecule has 1 heterocycles. The number of halogens is 1. The molecule has 0 aliphatic carbocycles. The van der Waals surface area contributed by atoms with Crippen molar-refractivity contribution in [2.24, 2.45) is 0 Å². The number of methoxy groups -OCH3 is 1. The van der Waals surface area contributed by atoms with E-state index in [-0.39, 0.29) is 12.3 Å². The number of hydrogen-bond donors (Lipinski definition) is 1. The van der Waals surface area contributed by atoms with E-state index in [0.29, 0.717) is 16.4 Å². The van der Waals surface area contributed by atoms with Crippen LogP contribution in [-0.2, 0) is 11.2 Å². The standard InChI is InChI=1S/C13H11ClN2O3/c1-19-13-9(6-11(17)18)7-15-12(16-13)8-2-4-10(14)5-3-8/h2-5,7H,6H2,1H3,(H,17,18). The van der Waals surface area contributed by atoms with Crippen LogP contribution in [0.5, 0.6) is 5.88 Å². The molecular weight excluding hydrogens is 268 g/mol. The van der Waals surface area contributed by atoms with Crippen molar-refractivity contribution in [1.29, 1.82) is 0 Å². The number of aromatic nitrogens is 2. The van der Waals surface area contributed by atoms with Gasteiger partial charge in [0.05, 0.1) is 13.5 Å². The Bertz CT molecular complexity index is 599. The molecule has 0 aliphatic rings. The van der Waals surface area contributed by atoms with Crippen LogP contribution in [0.15, 0.2) is 30.5 Å². The predicted octanol–water partition coefficient (Wildman–Crippen LogP) is 2.43. The van der Waals surface area contributed by atoms with Crippen LogP contribution in [0, 0.1) is 0 Å². The highest BCUT2D eigenvalue weighted by Crippen LogP contribution is 2.22. The first kappa shape index (κ1) is 13.3. The fraction of sp³-hybridized carbons (Fsp3) is 0.154. The van der Waals surface area contributed by atoms with Crippen LogP contribution in [0.4, 0.5) is 0 Å². The van der Waals surface area contributed by atoms with E-state index in [0.717, 1.165) is 5.56 Å². The molecule has 0 saturated heterocycles. The topological polar surface area (TPSA) is 72.3 Å². The minimum Gasteiger partial charge on any atom is -0.481 e.